The summed E-state index contributed by atoms with van der Waals surface area (Å²) in [6, 6.07) is 5.24. The molecule has 0 radical (unpaired) electrons. The standard InChI is InChI=1S/C16H20FN5O/c17-14-5-12(1-2-15(14)22-11-19-10-20-22)6-21-7-13-8-23-4-3-16(13,18)9-21/h1-2,5,10-11,13H,3-4,6-9,18H2/t13-,16+/m0/s1. The molecule has 2 N–H and O–H groups in total. The molecule has 2 aromatic rings. The minimum absolute atomic E-state index is 0.155. The van der Waals surface area contributed by atoms with Crippen LogP contribution in [-0.2, 0) is 11.3 Å². The molecule has 1 aromatic carbocycles. The second-order valence-electron chi connectivity index (χ2n) is 6.55. The van der Waals surface area contributed by atoms with E-state index >= 15 is 0 Å². The SMILES string of the molecule is N[C@@]12CCOC[C@@H]1CN(Cc1ccc(-n3cncn3)c(F)c1)C2. The number of halogens is 1. The van der Waals surface area contributed by atoms with Gasteiger partial charge in [-0.2, -0.15) is 5.10 Å². The molecule has 0 aliphatic carbocycles. The molecule has 122 valence electrons. The van der Waals surface area contributed by atoms with Gasteiger partial charge in [0.2, 0.25) is 0 Å². The predicted octanol–water partition coefficient (Wildman–Crippen LogP) is 0.956. The third-order valence-electron chi connectivity index (χ3n) is 4.92. The molecule has 0 bridgehead atoms. The Labute approximate surface area is 134 Å². The molecule has 0 amide bonds. The summed E-state index contributed by atoms with van der Waals surface area (Å²) in [6.07, 6.45) is 3.78. The van der Waals surface area contributed by atoms with Crippen molar-refractivity contribution in [3.63, 3.8) is 0 Å². The molecule has 0 spiro atoms. The second-order valence-corrected chi connectivity index (χ2v) is 6.55. The Hall–Kier alpha value is -1.83. The fourth-order valence-electron chi connectivity index (χ4n) is 3.64. The molecule has 0 saturated carbocycles. The quantitative estimate of drug-likeness (QED) is 0.913. The lowest BCUT2D eigenvalue weighted by molar-refractivity contribution is 0.0241. The van der Waals surface area contributed by atoms with E-state index in [1.807, 2.05) is 6.07 Å². The highest BCUT2D eigenvalue weighted by molar-refractivity contribution is 5.35. The first-order chi connectivity index (χ1) is 11.1. The van der Waals surface area contributed by atoms with Crippen LogP contribution in [0.4, 0.5) is 4.39 Å². The van der Waals surface area contributed by atoms with Gasteiger partial charge < -0.3 is 10.5 Å². The van der Waals surface area contributed by atoms with Crippen LogP contribution in [0.15, 0.2) is 30.9 Å². The van der Waals surface area contributed by atoms with Crippen molar-refractivity contribution in [3.05, 3.63) is 42.2 Å². The van der Waals surface area contributed by atoms with Gasteiger partial charge in [-0.25, -0.2) is 14.1 Å². The van der Waals surface area contributed by atoms with Gasteiger partial charge in [-0.1, -0.05) is 6.07 Å². The van der Waals surface area contributed by atoms with E-state index in [-0.39, 0.29) is 11.4 Å². The first-order valence-electron chi connectivity index (χ1n) is 7.86. The first kappa shape index (κ1) is 14.7. The van der Waals surface area contributed by atoms with Crippen molar-refractivity contribution in [3.8, 4) is 5.69 Å². The Morgan fingerprint density at radius 1 is 1.43 bits per heavy atom. The zero-order valence-electron chi connectivity index (χ0n) is 12.9. The molecule has 2 aliphatic heterocycles. The van der Waals surface area contributed by atoms with Crippen LogP contribution in [0.3, 0.4) is 0 Å². The summed E-state index contributed by atoms with van der Waals surface area (Å²) in [5, 5.41) is 3.96. The van der Waals surface area contributed by atoms with E-state index in [2.05, 4.69) is 15.0 Å². The van der Waals surface area contributed by atoms with Gasteiger partial charge in [0.05, 0.1) is 6.61 Å². The predicted molar refractivity (Wildman–Crippen MR) is 82.4 cm³/mol. The summed E-state index contributed by atoms with van der Waals surface area (Å²) in [7, 11) is 0. The summed E-state index contributed by atoms with van der Waals surface area (Å²) in [6.45, 7) is 3.91. The normalized spacial score (nSPS) is 28.0. The highest BCUT2D eigenvalue weighted by atomic mass is 19.1. The van der Waals surface area contributed by atoms with Crippen LogP contribution in [0.1, 0.15) is 12.0 Å². The number of fused-ring (bicyclic) bond motifs is 1. The van der Waals surface area contributed by atoms with Gasteiger partial charge in [-0.3, -0.25) is 4.90 Å². The summed E-state index contributed by atoms with van der Waals surface area (Å²) in [5.74, 6) is 0.0749. The molecule has 2 fully saturated rings. The number of hydrogen-bond donors (Lipinski definition) is 1. The van der Waals surface area contributed by atoms with Gasteiger partial charge >= 0.3 is 0 Å². The number of nitrogens with two attached hydrogens (primary N) is 1. The van der Waals surface area contributed by atoms with Crippen LogP contribution in [0.2, 0.25) is 0 Å². The number of rotatable bonds is 3. The summed E-state index contributed by atoms with van der Waals surface area (Å²) < 4.78 is 21.3. The zero-order valence-corrected chi connectivity index (χ0v) is 12.9. The molecule has 2 aliphatic rings. The van der Waals surface area contributed by atoms with E-state index in [4.69, 9.17) is 10.5 Å². The van der Waals surface area contributed by atoms with E-state index in [1.165, 1.54) is 17.3 Å². The fraction of sp³-hybridized carbons (Fsp3) is 0.500. The molecule has 4 rings (SSSR count). The Bertz CT molecular complexity index is 692. The maximum Gasteiger partial charge on any atom is 0.149 e. The monoisotopic (exact) mass is 317 g/mol. The molecular formula is C16H20FN5O. The maximum atomic E-state index is 14.3. The van der Waals surface area contributed by atoms with Crippen LogP contribution in [-0.4, -0.2) is 51.5 Å². The Balaban J connectivity index is 1.49. The van der Waals surface area contributed by atoms with Gasteiger partial charge in [0, 0.05) is 37.7 Å². The molecule has 2 saturated heterocycles. The van der Waals surface area contributed by atoms with Crippen molar-refractivity contribution in [2.75, 3.05) is 26.3 Å². The Morgan fingerprint density at radius 3 is 3.09 bits per heavy atom. The topological polar surface area (TPSA) is 69.2 Å². The average Bonchev–Trinajstić information content (AvgIpc) is 3.14. The van der Waals surface area contributed by atoms with E-state index < -0.39 is 0 Å². The van der Waals surface area contributed by atoms with E-state index in [1.54, 1.807) is 12.1 Å². The fourth-order valence-corrected chi connectivity index (χ4v) is 3.64. The Morgan fingerprint density at radius 2 is 2.35 bits per heavy atom. The number of aromatic nitrogens is 3. The van der Waals surface area contributed by atoms with Gasteiger partial charge in [-0.15, -0.1) is 0 Å². The molecule has 23 heavy (non-hydrogen) atoms. The van der Waals surface area contributed by atoms with Crippen LogP contribution < -0.4 is 5.73 Å². The number of hydrogen-bond acceptors (Lipinski definition) is 5. The van der Waals surface area contributed by atoms with Gasteiger partial charge in [0.15, 0.2) is 0 Å². The van der Waals surface area contributed by atoms with Crippen molar-refractivity contribution in [1.82, 2.24) is 19.7 Å². The van der Waals surface area contributed by atoms with Gasteiger partial charge in [0.25, 0.3) is 0 Å². The minimum atomic E-state index is -0.296. The number of likely N-dealkylation sites (tertiary alicyclic amines) is 1. The number of benzene rings is 1. The van der Waals surface area contributed by atoms with E-state index in [0.29, 0.717) is 18.2 Å². The van der Waals surface area contributed by atoms with E-state index in [9.17, 15) is 4.39 Å². The lowest BCUT2D eigenvalue weighted by Crippen LogP contribution is -2.52. The molecule has 0 unspecified atom stereocenters. The largest absolute Gasteiger partial charge is 0.381 e. The Kier molecular flexibility index (Phi) is 3.63. The average molecular weight is 317 g/mol. The highest BCUT2D eigenvalue weighted by Gasteiger charge is 2.45. The minimum Gasteiger partial charge on any atom is -0.381 e. The smallest absolute Gasteiger partial charge is 0.149 e. The van der Waals surface area contributed by atoms with E-state index in [0.717, 1.165) is 38.3 Å². The molecule has 6 nitrogen and oxygen atoms in total. The van der Waals surface area contributed by atoms with Crippen LogP contribution in [0.5, 0.6) is 0 Å². The third-order valence-corrected chi connectivity index (χ3v) is 4.92. The van der Waals surface area contributed by atoms with Crippen molar-refractivity contribution in [2.24, 2.45) is 11.7 Å². The van der Waals surface area contributed by atoms with Crippen molar-refractivity contribution in [1.29, 1.82) is 0 Å². The van der Waals surface area contributed by atoms with Crippen LogP contribution in [0.25, 0.3) is 5.69 Å². The van der Waals surface area contributed by atoms with Crippen molar-refractivity contribution in [2.45, 2.75) is 18.5 Å². The molecule has 3 heterocycles. The third kappa shape index (κ3) is 2.75. The van der Waals surface area contributed by atoms with Crippen LogP contribution >= 0.6 is 0 Å². The molecule has 2 atom stereocenters. The lowest BCUT2D eigenvalue weighted by Gasteiger charge is -2.34. The number of nitrogens with zero attached hydrogens (tertiary/aromatic N) is 4. The molecule has 1 aromatic heterocycles. The zero-order chi connectivity index (χ0) is 15.9. The lowest BCUT2D eigenvalue weighted by atomic mass is 9.84. The van der Waals surface area contributed by atoms with Crippen molar-refractivity contribution >= 4 is 0 Å². The summed E-state index contributed by atoms with van der Waals surface area (Å²) in [4.78, 5) is 6.14. The summed E-state index contributed by atoms with van der Waals surface area (Å²) in [5.41, 5.74) is 7.70. The first-order valence-corrected chi connectivity index (χ1v) is 7.86. The maximum absolute atomic E-state index is 14.3. The molecule has 7 heteroatoms. The highest BCUT2D eigenvalue weighted by Crippen LogP contribution is 2.33. The van der Waals surface area contributed by atoms with Crippen LogP contribution in [0, 0.1) is 11.7 Å². The molecular weight excluding hydrogens is 297 g/mol. The second kappa shape index (κ2) is 5.67. The number of ether oxygens (including phenoxy) is 1. The van der Waals surface area contributed by atoms with Crippen molar-refractivity contribution < 1.29 is 9.13 Å². The summed E-state index contributed by atoms with van der Waals surface area (Å²) >= 11 is 0. The van der Waals surface area contributed by atoms with Gasteiger partial charge in [-0.05, 0) is 24.1 Å². The van der Waals surface area contributed by atoms with Gasteiger partial charge in [0.1, 0.15) is 24.2 Å².